The third-order valence-corrected chi connectivity index (χ3v) is 4.48. The molecule has 0 aliphatic carbocycles. The van der Waals surface area contributed by atoms with Gasteiger partial charge in [0, 0.05) is 12.4 Å². The minimum Gasteiger partial charge on any atom is -0.478 e. The van der Waals surface area contributed by atoms with Gasteiger partial charge in [0.25, 0.3) is 0 Å². The molecular formula is C13H15FO4S. The Morgan fingerprint density at radius 3 is 2.95 bits per heavy atom. The van der Waals surface area contributed by atoms with Gasteiger partial charge in [-0.05, 0) is 37.5 Å². The van der Waals surface area contributed by atoms with Crippen LogP contribution >= 0.6 is 0 Å². The van der Waals surface area contributed by atoms with E-state index in [4.69, 9.17) is 9.84 Å². The first-order valence-corrected chi connectivity index (χ1v) is 7.42. The molecule has 2 unspecified atom stereocenters. The van der Waals surface area contributed by atoms with Gasteiger partial charge in [-0.3, -0.25) is 4.21 Å². The number of benzene rings is 1. The molecular weight excluding hydrogens is 271 g/mol. The predicted molar refractivity (Wildman–Crippen MR) is 68.2 cm³/mol. The van der Waals surface area contributed by atoms with Crippen LogP contribution in [0.25, 0.3) is 0 Å². The van der Waals surface area contributed by atoms with Crippen molar-refractivity contribution in [3.8, 4) is 0 Å². The van der Waals surface area contributed by atoms with Crippen molar-refractivity contribution in [3.63, 3.8) is 0 Å². The molecule has 0 saturated carbocycles. The summed E-state index contributed by atoms with van der Waals surface area (Å²) in [4.78, 5) is 10.8. The van der Waals surface area contributed by atoms with Gasteiger partial charge in [0.1, 0.15) is 5.82 Å². The fourth-order valence-corrected chi connectivity index (χ4v) is 3.27. The van der Waals surface area contributed by atoms with Crippen molar-refractivity contribution in [3.05, 3.63) is 29.6 Å². The van der Waals surface area contributed by atoms with E-state index < -0.39 is 22.6 Å². The smallest absolute Gasteiger partial charge is 0.335 e. The molecule has 0 aromatic heterocycles. The van der Waals surface area contributed by atoms with Crippen molar-refractivity contribution in [2.45, 2.75) is 30.3 Å². The fourth-order valence-electron chi connectivity index (χ4n) is 2.03. The lowest BCUT2D eigenvalue weighted by Gasteiger charge is -2.09. The molecule has 0 bridgehead atoms. The van der Waals surface area contributed by atoms with Crippen LogP contribution in [0.3, 0.4) is 0 Å². The van der Waals surface area contributed by atoms with Gasteiger partial charge >= 0.3 is 5.97 Å². The van der Waals surface area contributed by atoms with Gasteiger partial charge in [-0.2, -0.15) is 0 Å². The highest BCUT2D eigenvalue weighted by Gasteiger charge is 2.19. The molecule has 0 spiro atoms. The summed E-state index contributed by atoms with van der Waals surface area (Å²) >= 11 is 0. The van der Waals surface area contributed by atoms with Crippen LogP contribution in [0.5, 0.6) is 0 Å². The second kappa shape index (κ2) is 6.25. The Labute approximate surface area is 113 Å². The summed E-state index contributed by atoms with van der Waals surface area (Å²) in [6.45, 7) is 0.722. The van der Waals surface area contributed by atoms with Gasteiger partial charge in [-0.15, -0.1) is 0 Å². The Balaban J connectivity index is 2.04. The van der Waals surface area contributed by atoms with Crippen molar-refractivity contribution < 1.29 is 23.2 Å². The molecule has 1 fully saturated rings. The Morgan fingerprint density at radius 1 is 1.53 bits per heavy atom. The Hall–Kier alpha value is -1.27. The Bertz CT molecular complexity index is 497. The Kier molecular flexibility index (Phi) is 4.66. The van der Waals surface area contributed by atoms with E-state index in [2.05, 4.69) is 0 Å². The van der Waals surface area contributed by atoms with E-state index in [-0.39, 0.29) is 22.3 Å². The van der Waals surface area contributed by atoms with E-state index in [0.717, 1.165) is 31.6 Å². The highest BCUT2D eigenvalue weighted by atomic mass is 32.2. The molecule has 1 aromatic rings. The third kappa shape index (κ3) is 3.61. The van der Waals surface area contributed by atoms with Gasteiger partial charge < -0.3 is 9.84 Å². The van der Waals surface area contributed by atoms with Gasteiger partial charge in [0.15, 0.2) is 0 Å². The number of aromatic carboxylic acids is 1. The van der Waals surface area contributed by atoms with Crippen molar-refractivity contribution >= 4 is 16.8 Å². The van der Waals surface area contributed by atoms with E-state index in [1.54, 1.807) is 0 Å². The maximum absolute atomic E-state index is 13.6. The minimum absolute atomic E-state index is 0.0436. The topological polar surface area (TPSA) is 63.6 Å². The van der Waals surface area contributed by atoms with Gasteiger partial charge in [-0.25, -0.2) is 9.18 Å². The number of hydrogen-bond donors (Lipinski definition) is 1. The summed E-state index contributed by atoms with van der Waals surface area (Å²) in [6.07, 6.45) is 2.63. The van der Waals surface area contributed by atoms with Crippen LogP contribution in [0.1, 0.15) is 29.6 Å². The van der Waals surface area contributed by atoms with Crippen LogP contribution in [0.2, 0.25) is 0 Å². The molecule has 0 amide bonds. The summed E-state index contributed by atoms with van der Waals surface area (Å²) in [5.41, 5.74) is -0.0538. The van der Waals surface area contributed by atoms with E-state index in [1.165, 1.54) is 6.07 Å². The SMILES string of the molecule is O=C(O)c1ccc(F)c(S(=O)CCC2CCCO2)c1. The number of hydrogen-bond acceptors (Lipinski definition) is 3. The van der Waals surface area contributed by atoms with E-state index in [1.807, 2.05) is 0 Å². The van der Waals surface area contributed by atoms with Crippen LogP contribution < -0.4 is 0 Å². The minimum atomic E-state index is -1.54. The molecule has 104 valence electrons. The van der Waals surface area contributed by atoms with E-state index in [9.17, 15) is 13.4 Å². The highest BCUT2D eigenvalue weighted by molar-refractivity contribution is 7.85. The first-order chi connectivity index (χ1) is 9.08. The van der Waals surface area contributed by atoms with Crippen LogP contribution in [0, 0.1) is 5.82 Å². The zero-order chi connectivity index (χ0) is 13.8. The zero-order valence-corrected chi connectivity index (χ0v) is 11.1. The van der Waals surface area contributed by atoms with E-state index in [0.29, 0.717) is 6.42 Å². The van der Waals surface area contributed by atoms with Gasteiger partial charge in [0.05, 0.1) is 27.4 Å². The zero-order valence-electron chi connectivity index (χ0n) is 10.3. The molecule has 19 heavy (non-hydrogen) atoms. The summed E-state index contributed by atoms with van der Waals surface area (Å²) in [7, 11) is -1.54. The second-order valence-corrected chi connectivity index (χ2v) is 5.96. The predicted octanol–water partition coefficient (Wildman–Crippen LogP) is 2.20. The largest absolute Gasteiger partial charge is 0.478 e. The summed E-state index contributed by atoms with van der Waals surface area (Å²) < 4.78 is 31.0. The molecule has 1 saturated heterocycles. The van der Waals surface area contributed by atoms with Crippen LogP contribution in [-0.2, 0) is 15.5 Å². The van der Waals surface area contributed by atoms with Gasteiger partial charge in [0.2, 0.25) is 0 Å². The lowest BCUT2D eigenvalue weighted by molar-refractivity contribution is 0.0696. The summed E-state index contributed by atoms with van der Waals surface area (Å²) in [5, 5.41) is 8.84. The molecule has 2 rings (SSSR count). The summed E-state index contributed by atoms with van der Waals surface area (Å²) in [5.74, 6) is -1.50. The van der Waals surface area contributed by atoms with E-state index >= 15 is 0 Å². The van der Waals surface area contributed by atoms with Crippen molar-refractivity contribution in [1.82, 2.24) is 0 Å². The van der Waals surface area contributed by atoms with Gasteiger partial charge in [-0.1, -0.05) is 0 Å². The number of carboxylic acids is 1. The molecule has 6 heteroatoms. The average molecular weight is 286 g/mol. The molecule has 4 nitrogen and oxygen atoms in total. The number of halogens is 1. The standard InChI is InChI=1S/C13H15FO4S/c14-11-4-3-9(13(15)16)8-12(11)19(17)7-5-10-2-1-6-18-10/h3-4,8,10H,1-2,5-7H2,(H,15,16). The molecule has 1 aliphatic heterocycles. The van der Waals surface area contributed by atoms with Crippen molar-refractivity contribution in [2.75, 3.05) is 12.4 Å². The number of carboxylic acid groups (broad SMARTS) is 1. The Morgan fingerprint density at radius 2 is 2.32 bits per heavy atom. The normalized spacial score (nSPS) is 20.4. The maximum atomic E-state index is 13.6. The first-order valence-electron chi connectivity index (χ1n) is 6.11. The van der Waals surface area contributed by atoms with Crippen molar-refractivity contribution in [1.29, 1.82) is 0 Å². The fraction of sp³-hybridized carbons (Fsp3) is 0.462. The molecule has 0 radical (unpaired) electrons. The molecule has 1 aromatic carbocycles. The molecule has 1 aliphatic rings. The average Bonchev–Trinajstić information content (AvgIpc) is 2.89. The number of ether oxygens (including phenoxy) is 1. The maximum Gasteiger partial charge on any atom is 0.335 e. The lowest BCUT2D eigenvalue weighted by atomic mass is 10.2. The summed E-state index contributed by atoms with van der Waals surface area (Å²) in [6, 6.07) is 3.35. The van der Waals surface area contributed by atoms with Crippen LogP contribution in [-0.4, -0.2) is 33.7 Å². The van der Waals surface area contributed by atoms with Crippen molar-refractivity contribution in [2.24, 2.45) is 0 Å². The molecule has 1 heterocycles. The van der Waals surface area contributed by atoms with Crippen LogP contribution in [0.4, 0.5) is 4.39 Å². The lowest BCUT2D eigenvalue weighted by Crippen LogP contribution is -2.11. The quantitative estimate of drug-likeness (QED) is 0.901. The number of carbonyl (C=O) groups is 1. The van der Waals surface area contributed by atoms with Crippen LogP contribution in [0.15, 0.2) is 23.1 Å². The molecule has 2 atom stereocenters. The number of rotatable bonds is 5. The third-order valence-electron chi connectivity index (χ3n) is 3.07. The molecule has 1 N–H and O–H groups in total. The highest BCUT2D eigenvalue weighted by Crippen LogP contribution is 2.19. The second-order valence-electron chi connectivity index (χ2n) is 4.42. The monoisotopic (exact) mass is 286 g/mol. The first kappa shape index (κ1) is 14.1.